The van der Waals surface area contributed by atoms with E-state index in [1.54, 1.807) is 18.3 Å². The molecule has 3 aromatic carbocycles. The van der Waals surface area contributed by atoms with Crippen LogP contribution in [0.25, 0.3) is 22.0 Å². The van der Waals surface area contributed by atoms with E-state index in [2.05, 4.69) is 39.9 Å². The van der Waals surface area contributed by atoms with Crippen LogP contribution < -0.4 is 10.6 Å². The number of nitrogens with one attached hydrogen (secondary N) is 2. The number of carbonyl (C=O) groups is 1. The average Bonchev–Trinajstić information content (AvgIpc) is 3.65. The first-order chi connectivity index (χ1) is 18.0. The maximum Gasteiger partial charge on any atom is 0.408 e. The van der Waals surface area contributed by atoms with Crippen LogP contribution >= 0.6 is 11.6 Å². The van der Waals surface area contributed by atoms with Crippen molar-refractivity contribution in [3.8, 4) is 11.1 Å². The normalized spacial score (nSPS) is 15.1. The number of benzene rings is 3. The Bertz CT molecular complexity index is 1490. The molecule has 1 aliphatic carbocycles. The minimum atomic E-state index is -0.543. The molecule has 1 fully saturated rings. The summed E-state index contributed by atoms with van der Waals surface area (Å²) in [5, 5.41) is 7.77. The fourth-order valence-corrected chi connectivity index (χ4v) is 4.91. The predicted molar refractivity (Wildman–Crippen MR) is 151 cm³/mol. The molecule has 0 aliphatic heterocycles. The number of anilines is 1. The summed E-state index contributed by atoms with van der Waals surface area (Å²) in [6.07, 6.45) is 2.96. The fraction of sp³-hybridized carbons (Fsp3) is 0.290. The third-order valence-electron chi connectivity index (χ3n) is 6.82. The molecule has 196 valence electrons. The molecule has 5 nitrogen and oxygen atoms in total. The van der Waals surface area contributed by atoms with Crippen molar-refractivity contribution in [1.82, 2.24) is 10.3 Å². The number of aromatic nitrogens is 1. The van der Waals surface area contributed by atoms with Gasteiger partial charge >= 0.3 is 6.09 Å². The van der Waals surface area contributed by atoms with Crippen molar-refractivity contribution >= 4 is 34.3 Å². The van der Waals surface area contributed by atoms with Gasteiger partial charge in [-0.25, -0.2) is 9.18 Å². The minimum absolute atomic E-state index is 0.266. The molecule has 38 heavy (non-hydrogen) atoms. The Balaban J connectivity index is 1.41. The number of fused-ring (bicyclic) bond motifs is 1. The highest BCUT2D eigenvalue weighted by atomic mass is 35.5. The zero-order valence-electron chi connectivity index (χ0n) is 21.9. The smallest absolute Gasteiger partial charge is 0.408 e. The Hall–Kier alpha value is -3.64. The van der Waals surface area contributed by atoms with E-state index in [0.717, 1.165) is 40.4 Å². The van der Waals surface area contributed by atoms with Crippen molar-refractivity contribution in [3.63, 3.8) is 0 Å². The lowest BCUT2D eigenvalue weighted by Gasteiger charge is -2.24. The number of ether oxygens (including phenoxy) is 1. The molecular formula is C31H31ClFN3O2. The maximum absolute atomic E-state index is 14.4. The Morgan fingerprint density at radius 1 is 1.05 bits per heavy atom. The van der Waals surface area contributed by atoms with Crippen LogP contribution in [0.4, 0.5) is 14.9 Å². The highest BCUT2D eigenvalue weighted by Gasteiger charge is 2.46. The number of rotatable bonds is 6. The summed E-state index contributed by atoms with van der Waals surface area (Å²) in [4.78, 5) is 16.9. The zero-order valence-corrected chi connectivity index (χ0v) is 22.7. The molecule has 1 saturated carbocycles. The van der Waals surface area contributed by atoms with Crippen LogP contribution in [0, 0.1) is 5.82 Å². The van der Waals surface area contributed by atoms with Gasteiger partial charge in [0.1, 0.15) is 11.4 Å². The van der Waals surface area contributed by atoms with E-state index in [1.165, 1.54) is 6.07 Å². The fourth-order valence-electron chi connectivity index (χ4n) is 4.71. The SMILES string of the molecule is C[C@@H](Nc1c(Cl)cnc2ccc(-c3ccc(C4(NC(=O)OC(C)(C)C)CC4)cc3)cc12)c1ccccc1F. The van der Waals surface area contributed by atoms with Gasteiger partial charge in [0.2, 0.25) is 0 Å². The second-order valence-electron chi connectivity index (χ2n) is 10.9. The molecule has 2 N–H and O–H groups in total. The standard InChI is InChI=1S/C31H31ClFN3O2/c1-19(23-7-5-6-8-26(23)33)35-28-24-17-21(11-14-27(24)34-18-25(28)32)20-9-12-22(13-10-20)31(15-16-31)36-29(37)38-30(2,3)4/h5-14,17-19H,15-16H2,1-4H3,(H,34,35)(H,36,37)/t19-/m1/s1. The molecule has 0 spiro atoms. The number of amides is 1. The van der Waals surface area contributed by atoms with Crippen LogP contribution in [0.3, 0.4) is 0 Å². The molecule has 5 rings (SSSR count). The molecule has 1 amide bonds. The monoisotopic (exact) mass is 531 g/mol. The topological polar surface area (TPSA) is 63.2 Å². The summed E-state index contributed by atoms with van der Waals surface area (Å²) in [6.45, 7) is 7.47. The van der Waals surface area contributed by atoms with Gasteiger partial charge in [0.15, 0.2) is 0 Å². The van der Waals surface area contributed by atoms with E-state index in [0.29, 0.717) is 16.3 Å². The Morgan fingerprint density at radius 2 is 1.74 bits per heavy atom. The molecular weight excluding hydrogens is 501 g/mol. The number of hydrogen-bond donors (Lipinski definition) is 2. The summed E-state index contributed by atoms with van der Waals surface area (Å²) < 4.78 is 19.8. The number of alkyl carbamates (subject to hydrolysis) is 1. The summed E-state index contributed by atoms with van der Waals surface area (Å²) in [6, 6.07) is 20.7. The largest absolute Gasteiger partial charge is 0.444 e. The maximum atomic E-state index is 14.4. The van der Waals surface area contributed by atoms with Crippen LogP contribution in [-0.4, -0.2) is 16.7 Å². The second-order valence-corrected chi connectivity index (χ2v) is 11.3. The van der Waals surface area contributed by atoms with Gasteiger partial charge in [0.05, 0.1) is 27.8 Å². The summed E-state index contributed by atoms with van der Waals surface area (Å²) >= 11 is 6.57. The highest BCUT2D eigenvalue weighted by Crippen LogP contribution is 2.46. The van der Waals surface area contributed by atoms with Crippen molar-refractivity contribution in [2.24, 2.45) is 0 Å². The van der Waals surface area contributed by atoms with Crippen LogP contribution in [0.1, 0.15) is 57.7 Å². The first-order valence-corrected chi connectivity index (χ1v) is 13.1. The Morgan fingerprint density at radius 3 is 2.39 bits per heavy atom. The van der Waals surface area contributed by atoms with Crippen LogP contribution in [0.2, 0.25) is 5.02 Å². The molecule has 0 bridgehead atoms. The number of pyridine rings is 1. The van der Waals surface area contributed by atoms with Gasteiger partial charge in [-0.1, -0.05) is 60.1 Å². The number of carbonyl (C=O) groups excluding carboxylic acids is 1. The molecule has 0 radical (unpaired) electrons. The molecule has 0 saturated heterocycles. The Kier molecular flexibility index (Phi) is 6.78. The zero-order chi connectivity index (χ0) is 27.1. The molecule has 1 aromatic heterocycles. The van der Waals surface area contributed by atoms with Crippen molar-refractivity contribution in [2.45, 2.75) is 57.7 Å². The van der Waals surface area contributed by atoms with E-state index in [4.69, 9.17) is 16.3 Å². The third-order valence-corrected chi connectivity index (χ3v) is 7.10. The van der Waals surface area contributed by atoms with Crippen molar-refractivity contribution < 1.29 is 13.9 Å². The van der Waals surface area contributed by atoms with Crippen molar-refractivity contribution in [1.29, 1.82) is 0 Å². The predicted octanol–water partition coefficient (Wildman–Crippen LogP) is 8.38. The molecule has 1 aliphatic rings. The molecule has 1 atom stereocenters. The lowest BCUT2D eigenvalue weighted by atomic mass is 9.98. The molecule has 0 unspecified atom stereocenters. The molecule has 1 heterocycles. The highest BCUT2D eigenvalue weighted by molar-refractivity contribution is 6.34. The lowest BCUT2D eigenvalue weighted by molar-refractivity contribution is 0.0495. The van der Waals surface area contributed by atoms with Gasteiger partial charge < -0.3 is 15.4 Å². The van der Waals surface area contributed by atoms with Gasteiger partial charge in [-0.15, -0.1) is 0 Å². The minimum Gasteiger partial charge on any atom is -0.444 e. The first-order valence-electron chi connectivity index (χ1n) is 12.8. The number of hydrogen-bond acceptors (Lipinski definition) is 4. The van der Waals surface area contributed by atoms with E-state index >= 15 is 0 Å². The van der Waals surface area contributed by atoms with Gasteiger partial charge in [-0.3, -0.25) is 4.98 Å². The number of halogens is 2. The first kappa shape index (κ1) is 26.0. The van der Waals surface area contributed by atoms with E-state index in [-0.39, 0.29) is 17.4 Å². The van der Waals surface area contributed by atoms with Crippen LogP contribution in [0.15, 0.2) is 72.9 Å². The van der Waals surface area contributed by atoms with Crippen molar-refractivity contribution in [2.75, 3.05) is 5.32 Å². The van der Waals surface area contributed by atoms with Gasteiger partial charge in [-0.05, 0) is 75.4 Å². The second kappa shape index (κ2) is 9.91. The summed E-state index contributed by atoms with van der Waals surface area (Å²) in [5.74, 6) is -0.266. The van der Waals surface area contributed by atoms with Gasteiger partial charge in [0, 0.05) is 17.1 Å². The number of nitrogens with zero attached hydrogens (tertiary/aromatic N) is 1. The average molecular weight is 532 g/mol. The van der Waals surface area contributed by atoms with Crippen molar-refractivity contribution in [3.05, 3.63) is 94.9 Å². The van der Waals surface area contributed by atoms with Crippen LogP contribution in [-0.2, 0) is 10.3 Å². The molecule has 7 heteroatoms. The summed E-state index contributed by atoms with van der Waals surface area (Å²) in [7, 11) is 0. The van der Waals surface area contributed by atoms with E-state index in [1.807, 2.05) is 52.0 Å². The lowest BCUT2D eigenvalue weighted by Crippen LogP contribution is -2.39. The van der Waals surface area contributed by atoms with Gasteiger partial charge in [-0.2, -0.15) is 0 Å². The van der Waals surface area contributed by atoms with Gasteiger partial charge in [0.25, 0.3) is 0 Å². The van der Waals surface area contributed by atoms with Crippen LogP contribution in [0.5, 0.6) is 0 Å². The molecule has 4 aromatic rings. The third kappa shape index (κ3) is 5.46. The quantitative estimate of drug-likeness (QED) is 0.262. The van der Waals surface area contributed by atoms with E-state index < -0.39 is 11.7 Å². The Labute approximate surface area is 227 Å². The van der Waals surface area contributed by atoms with E-state index in [9.17, 15) is 9.18 Å². The summed E-state index contributed by atoms with van der Waals surface area (Å²) in [5.41, 5.74) is 4.23.